The molecule has 0 spiro atoms. The minimum absolute atomic E-state index is 0.0854. The Kier molecular flexibility index (Phi) is 9.51. The van der Waals surface area contributed by atoms with E-state index in [1.54, 1.807) is 12.4 Å². The number of aromatic hydroxyl groups is 2. The summed E-state index contributed by atoms with van der Waals surface area (Å²) in [5, 5.41) is 22.5. The number of rotatable bonds is 4. The minimum Gasteiger partial charge on any atom is -0.507 e. The van der Waals surface area contributed by atoms with Crippen LogP contribution in [0.15, 0.2) is 34.3 Å². The highest BCUT2D eigenvalue weighted by atomic mass is 16.7. The Morgan fingerprint density at radius 1 is 0.585 bits per heavy atom. The Balaban J connectivity index is 2.03. The second-order valence-corrected chi connectivity index (χ2v) is 15.5. The van der Waals surface area contributed by atoms with Crippen LogP contribution in [0.5, 0.6) is 11.5 Å². The van der Waals surface area contributed by atoms with Gasteiger partial charge in [-0.1, -0.05) is 95.2 Å². The lowest BCUT2D eigenvalue weighted by Crippen LogP contribution is -2.29. The van der Waals surface area contributed by atoms with Crippen molar-refractivity contribution in [3.8, 4) is 11.5 Å². The molecule has 226 valence electrons. The van der Waals surface area contributed by atoms with Gasteiger partial charge in [0, 0.05) is 34.7 Å². The second kappa shape index (κ2) is 11.9. The average molecular weight is 565 g/mol. The first-order valence-corrected chi connectivity index (χ1v) is 14.7. The summed E-state index contributed by atoms with van der Waals surface area (Å²) in [7, 11) is 0. The van der Waals surface area contributed by atoms with Gasteiger partial charge >= 0.3 is 0 Å². The Hall–Kier alpha value is -2.70. The van der Waals surface area contributed by atoms with Crippen molar-refractivity contribution in [3.05, 3.63) is 57.6 Å². The Morgan fingerprint density at radius 2 is 0.927 bits per heavy atom. The van der Waals surface area contributed by atoms with E-state index in [1.165, 1.54) is 0 Å². The molecule has 2 N–H and O–H groups in total. The quantitative estimate of drug-likeness (QED) is 0.375. The van der Waals surface area contributed by atoms with Gasteiger partial charge in [0.05, 0.1) is 25.3 Å². The Labute approximate surface area is 247 Å². The third-order valence-electron chi connectivity index (χ3n) is 7.63. The van der Waals surface area contributed by atoms with E-state index < -0.39 is 0 Å². The van der Waals surface area contributed by atoms with Crippen molar-refractivity contribution < 1.29 is 19.7 Å². The average Bonchev–Trinajstić information content (AvgIpc) is 3.04. The smallest absolute Gasteiger partial charge is 0.146 e. The molecule has 0 radical (unpaired) electrons. The SMILES string of the molecule is CC(C)(C)c1cc(C=N[C@H]2COCOC[C@@H]2N=Cc2cc(C(C)(C)C)cc(C(C)(C)C)c2O)c(O)c(C(C)(C)C)c1. The van der Waals surface area contributed by atoms with Gasteiger partial charge < -0.3 is 19.7 Å². The molecule has 0 aliphatic carbocycles. The number of ether oxygens (including phenoxy) is 2. The fourth-order valence-electron chi connectivity index (χ4n) is 4.78. The number of aliphatic imine (C=N–C) groups is 2. The number of phenolic OH excluding ortho intramolecular Hbond substituents is 2. The van der Waals surface area contributed by atoms with E-state index in [0.29, 0.717) is 24.3 Å². The molecule has 2 aromatic rings. The van der Waals surface area contributed by atoms with Crippen LogP contribution >= 0.6 is 0 Å². The zero-order valence-electron chi connectivity index (χ0n) is 27.3. The molecule has 6 nitrogen and oxygen atoms in total. The van der Waals surface area contributed by atoms with Crippen molar-refractivity contribution in [2.45, 2.75) is 117 Å². The lowest BCUT2D eigenvalue weighted by molar-refractivity contribution is -0.0337. The van der Waals surface area contributed by atoms with Crippen molar-refractivity contribution in [1.29, 1.82) is 0 Å². The van der Waals surface area contributed by atoms with Crippen LogP contribution in [0, 0.1) is 0 Å². The van der Waals surface area contributed by atoms with Crippen LogP contribution in [0.2, 0.25) is 0 Å². The van der Waals surface area contributed by atoms with E-state index >= 15 is 0 Å². The summed E-state index contributed by atoms with van der Waals surface area (Å²) in [6.45, 7) is 26.5. The van der Waals surface area contributed by atoms with E-state index in [1.807, 2.05) is 12.1 Å². The molecule has 2 aromatic carbocycles. The lowest BCUT2D eigenvalue weighted by Gasteiger charge is -2.27. The first-order chi connectivity index (χ1) is 18.7. The normalized spacial score (nSPS) is 19.7. The highest BCUT2D eigenvalue weighted by molar-refractivity contribution is 5.86. The summed E-state index contributed by atoms with van der Waals surface area (Å²) in [5.41, 5.74) is 4.80. The van der Waals surface area contributed by atoms with Crippen LogP contribution < -0.4 is 0 Å². The van der Waals surface area contributed by atoms with Gasteiger partial charge in [0.15, 0.2) is 0 Å². The van der Waals surface area contributed by atoms with Gasteiger partial charge in [-0.05, 0) is 44.9 Å². The second-order valence-electron chi connectivity index (χ2n) is 15.5. The van der Waals surface area contributed by atoms with Gasteiger partial charge in [0.25, 0.3) is 0 Å². The predicted octanol–water partition coefficient (Wildman–Crippen LogP) is 7.57. The zero-order valence-corrected chi connectivity index (χ0v) is 27.3. The Morgan fingerprint density at radius 3 is 1.22 bits per heavy atom. The first-order valence-electron chi connectivity index (χ1n) is 14.7. The fourth-order valence-corrected chi connectivity index (χ4v) is 4.78. The van der Waals surface area contributed by atoms with Crippen molar-refractivity contribution >= 4 is 12.4 Å². The van der Waals surface area contributed by atoms with Gasteiger partial charge in [-0.25, -0.2) is 0 Å². The van der Waals surface area contributed by atoms with Crippen LogP contribution in [-0.4, -0.2) is 54.7 Å². The third-order valence-corrected chi connectivity index (χ3v) is 7.63. The van der Waals surface area contributed by atoms with E-state index in [9.17, 15) is 10.2 Å². The molecule has 0 bridgehead atoms. The van der Waals surface area contributed by atoms with E-state index in [2.05, 4.69) is 95.2 Å². The molecule has 6 heteroatoms. The maximum Gasteiger partial charge on any atom is 0.146 e. The summed E-state index contributed by atoms with van der Waals surface area (Å²) in [6, 6.07) is 7.60. The molecular formula is C35H52N2O4. The molecular weight excluding hydrogens is 512 g/mol. The summed E-state index contributed by atoms with van der Waals surface area (Å²) in [6.07, 6.45) is 3.49. The van der Waals surface area contributed by atoms with Crippen LogP contribution in [0.1, 0.15) is 116 Å². The maximum atomic E-state index is 11.2. The molecule has 2 atom stereocenters. The molecule has 1 heterocycles. The highest BCUT2D eigenvalue weighted by Gasteiger charge is 2.28. The van der Waals surface area contributed by atoms with Crippen molar-refractivity contribution in [3.63, 3.8) is 0 Å². The molecule has 41 heavy (non-hydrogen) atoms. The van der Waals surface area contributed by atoms with Gasteiger partial charge in [0.1, 0.15) is 18.3 Å². The van der Waals surface area contributed by atoms with Crippen LogP contribution in [0.25, 0.3) is 0 Å². The van der Waals surface area contributed by atoms with E-state index in [4.69, 9.17) is 19.5 Å². The van der Waals surface area contributed by atoms with Crippen LogP contribution in [0.3, 0.4) is 0 Å². The number of hydrogen-bond acceptors (Lipinski definition) is 6. The molecule has 0 amide bonds. The molecule has 0 saturated carbocycles. The molecule has 0 aromatic heterocycles. The summed E-state index contributed by atoms with van der Waals surface area (Å²) in [4.78, 5) is 9.77. The zero-order chi connectivity index (χ0) is 31.0. The van der Waals surface area contributed by atoms with Gasteiger partial charge in [-0.3, -0.25) is 9.98 Å². The van der Waals surface area contributed by atoms with Crippen molar-refractivity contribution in [2.75, 3.05) is 20.0 Å². The van der Waals surface area contributed by atoms with Gasteiger partial charge in [-0.15, -0.1) is 0 Å². The fraction of sp³-hybridized carbons (Fsp3) is 0.600. The minimum atomic E-state index is -0.320. The molecule has 1 saturated heterocycles. The number of benzene rings is 2. The number of hydrogen-bond donors (Lipinski definition) is 2. The van der Waals surface area contributed by atoms with Crippen molar-refractivity contribution in [2.24, 2.45) is 9.98 Å². The lowest BCUT2D eigenvalue weighted by atomic mass is 9.79. The highest BCUT2D eigenvalue weighted by Crippen LogP contribution is 2.38. The molecule has 1 fully saturated rings. The monoisotopic (exact) mass is 564 g/mol. The summed E-state index contributed by atoms with van der Waals surface area (Å²) in [5.74, 6) is 0.498. The van der Waals surface area contributed by atoms with Gasteiger partial charge in [0.2, 0.25) is 0 Å². The maximum absolute atomic E-state index is 11.2. The molecule has 1 aliphatic rings. The number of phenols is 2. The number of nitrogens with zero attached hydrogens (tertiary/aromatic N) is 2. The molecule has 0 unspecified atom stereocenters. The van der Waals surface area contributed by atoms with E-state index in [0.717, 1.165) is 22.3 Å². The summed E-state index contributed by atoms with van der Waals surface area (Å²) < 4.78 is 11.4. The van der Waals surface area contributed by atoms with Gasteiger partial charge in [-0.2, -0.15) is 0 Å². The molecule has 1 aliphatic heterocycles. The van der Waals surface area contributed by atoms with Crippen LogP contribution in [0.4, 0.5) is 0 Å². The predicted molar refractivity (Wildman–Crippen MR) is 171 cm³/mol. The molecule has 3 rings (SSSR count). The van der Waals surface area contributed by atoms with Crippen molar-refractivity contribution in [1.82, 2.24) is 0 Å². The Bertz CT molecular complexity index is 1180. The largest absolute Gasteiger partial charge is 0.507 e. The standard InChI is InChI=1S/C35H52N2O4/c1-32(2,3)24-13-22(30(38)26(15-24)34(7,8)9)17-36-28-19-40-21-41-20-29(28)37-18-23-14-25(33(4,5)6)16-27(31(23)39)35(10,11)12/h13-18,28-29,38-39H,19-21H2,1-12H3/t28-,29-/m0/s1. The van der Waals surface area contributed by atoms with Crippen LogP contribution in [-0.2, 0) is 31.1 Å². The summed E-state index contributed by atoms with van der Waals surface area (Å²) >= 11 is 0. The van der Waals surface area contributed by atoms with E-state index in [-0.39, 0.29) is 52.0 Å². The topological polar surface area (TPSA) is 83.6 Å². The third kappa shape index (κ3) is 8.20. The first kappa shape index (κ1) is 32.8.